The fourth-order valence-electron chi connectivity index (χ4n) is 2.74. The van der Waals surface area contributed by atoms with Crippen LogP contribution in [0.1, 0.15) is 40.4 Å². The van der Waals surface area contributed by atoms with Gasteiger partial charge in [0.2, 0.25) is 0 Å². The highest BCUT2D eigenvalue weighted by atomic mass is 79.9. The minimum absolute atomic E-state index is 0.0714. The molecule has 0 spiro atoms. The van der Waals surface area contributed by atoms with Crippen molar-refractivity contribution in [2.45, 2.75) is 25.2 Å². The van der Waals surface area contributed by atoms with Crippen LogP contribution in [0.15, 0.2) is 41.0 Å². The number of benzene rings is 1. The average Bonchev–Trinajstić information content (AvgIpc) is 2.46. The molecule has 0 bridgehead atoms. The number of ketones is 1. The van der Waals surface area contributed by atoms with Crippen LogP contribution in [0.2, 0.25) is 5.02 Å². The van der Waals surface area contributed by atoms with Crippen LogP contribution in [-0.2, 0) is 6.42 Å². The highest BCUT2D eigenvalue weighted by molar-refractivity contribution is 9.10. The van der Waals surface area contributed by atoms with E-state index in [1.807, 2.05) is 12.1 Å². The molecular weight excluding hydrogens is 338 g/mol. The molecule has 4 heteroatoms. The normalized spacial score (nSPS) is 17.6. The number of rotatable bonds is 2. The lowest BCUT2D eigenvalue weighted by Crippen LogP contribution is -2.20. The standard InChI is InChI=1S/C16H13BrClNO/c17-11-6-7-12(14(18)9-11)16(20)13-5-1-3-10-4-2-8-19-15(10)13/h2,4,6-9,13H,1,3,5H2. The molecule has 1 heterocycles. The Hall–Kier alpha value is -1.19. The van der Waals surface area contributed by atoms with Gasteiger partial charge in [0.15, 0.2) is 5.78 Å². The summed E-state index contributed by atoms with van der Waals surface area (Å²) in [4.78, 5) is 17.2. The van der Waals surface area contributed by atoms with E-state index in [-0.39, 0.29) is 11.7 Å². The summed E-state index contributed by atoms with van der Waals surface area (Å²) in [6.07, 6.45) is 4.62. The highest BCUT2D eigenvalue weighted by Crippen LogP contribution is 2.34. The number of carbonyl (C=O) groups is 1. The molecule has 0 radical (unpaired) electrons. The number of Topliss-reactive ketones (excluding diaryl/α,β-unsaturated/α-hetero) is 1. The zero-order valence-electron chi connectivity index (χ0n) is 10.8. The second-order valence-electron chi connectivity index (χ2n) is 4.98. The van der Waals surface area contributed by atoms with E-state index in [4.69, 9.17) is 11.6 Å². The van der Waals surface area contributed by atoms with Gasteiger partial charge >= 0.3 is 0 Å². The van der Waals surface area contributed by atoms with Crippen molar-refractivity contribution in [1.82, 2.24) is 4.98 Å². The zero-order valence-corrected chi connectivity index (χ0v) is 13.1. The predicted molar refractivity (Wildman–Crippen MR) is 83.4 cm³/mol. The van der Waals surface area contributed by atoms with Gasteiger partial charge in [-0.3, -0.25) is 9.78 Å². The van der Waals surface area contributed by atoms with Crippen molar-refractivity contribution < 1.29 is 4.79 Å². The van der Waals surface area contributed by atoms with E-state index >= 15 is 0 Å². The molecule has 1 aliphatic carbocycles. The molecule has 102 valence electrons. The molecule has 1 unspecified atom stereocenters. The Labute approximate surface area is 131 Å². The van der Waals surface area contributed by atoms with E-state index in [1.165, 1.54) is 5.56 Å². The Morgan fingerprint density at radius 3 is 3.00 bits per heavy atom. The number of fused-ring (bicyclic) bond motifs is 1. The molecule has 2 aromatic rings. The quantitative estimate of drug-likeness (QED) is 0.728. The summed E-state index contributed by atoms with van der Waals surface area (Å²) < 4.78 is 0.876. The van der Waals surface area contributed by atoms with Gasteiger partial charge in [0.1, 0.15) is 0 Å². The molecular formula is C16H13BrClNO. The maximum atomic E-state index is 12.8. The lowest BCUT2D eigenvalue weighted by molar-refractivity contribution is 0.0949. The highest BCUT2D eigenvalue weighted by Gasteiger charge is 2.29. The van der Waals surface area contributed by atoms with Crippen LogP contribution in [0.5, 0.6) is 0 Å². The molecule has 3 rings (SSSR count). The van der Waals surface area contributed by atoms with Crippen molar-refractivity contribution in [3.63, 3.8) is 0 Å². The first kappa shape index (κ1) is 13.8. The second kappa shape index (κ2) is 5.66. The lowest BCUT2D eigenvalue weighted by atomic mass is 9.82. The number of hydrogen-bond donors (Lipinski definition) is 0. The van der Waals surface area contributed by atoms with Gasteiger partial charge in [0.05, 0.1) is 16.6 Å². The van der Waals surface area contributed by atoms with Crippen LogP contribution in [0, 0.1) is 0 Å². The topological polar surface area (TPSA) is 30.0 Å². The number of aromatic nitrogens is 1. The Kier molecular flexibility index (Phi) is 3.90. The molecule has 0 fully saturated rings. The van der Waals surface area contributed by atoms with E-state index in [2.05, 4.69) is 27.0 Å². The Morgan fingerprint density at radius 1 is 1.35 bits per heavy atom. The molecule has 0 aliphatic heterocycles. The molecule has 0 amide bonds. The van der Waals surface area contributed by atoms with E-state index < -0.39 is 0 Å². The maximum absolute atomic E-state index is 12.8. The Morgan fingerprint density at radius 2 is 2.20 bits per heavy atom. The molecule has 2 nitrogen and oxygen atoms in total. The van der Waals surface area contributed by atoms with Crippen molar-refractivity contribution in [2.24, 2.45) is 0 Å². The largest absolute Gasteiger partial charge is 0.293 e. The van der Waals surface area contributed by atoms with Gasteiger partial charge in [-0.15, -0.1) is 0 Å². The zero-order chi connectivity index (χ0) is 14.1. The van der Waals surface area contributed by atoms with Crippen LogP contribution < -0.4 is 0 Å². The van der Waals surface area contributed by atoms with Crippen molar-refractivity contribution in [1.29, 1.82) is 0 Å². The van der Waals surface area contributed by atoms with Crippen LogP contribution in [0.4, 0.5) is 0 Å². The second-order valence-corrected chi connectivity index (χ2v) is 6.30. The number of hydrogen-bond acceptors (Lipinski definition) is 2. The molecule has 20 heavy (non-hydrogen) atoms. The predicted octanol–water partition coefficient (Wildman–Crippen LogP) is 4.80. The molecule has 1 aromatic heterocycles. The van der Waals surface area contributed by atoms with Gasteiger partial charge in [0.25, 0.3) is 0 Å². The summed E-state index contributed by atoms with van der Waals surface area (Å²) in [6.45, 7) is 0. The third-order valence-electron chi connectivity index (χ3n) is 3.71. The van der Waals surface area contributed by atoms with Crippen LogP contribution in [0.3, 0.4) is 0 Å². The van der Waals surface area contributed by atoms with Crippen LogP contribution >= 0.6 is 27.5 Å². The molecule has 1 atom stereocenters. The summed E-state index contributed by atoms with van der Waals surface area (Å²) in [5.41, 5.74) is 2.69. The number of pyridine rings is 1. The van der Waals surface area contributed by atoms with Crippen molar-refractivity contribution in [2.75, 3.05) is 0 Å². The minimum Gasteiger partial charge on any atom is -0.293 e. The van der Waals surface area contributed by atoms with Crippen molar-refractivity contribution in [3.8, 4) is 0 Å². The van der Waals surface area contributed by atoms with Crippen molar-refractivity contribution >= 4 is 33.3 Å². The molecule has 1 aliphatic rings. The monoisotopic (exact) mass is 349 g/mol. The van der Waals surface area contributed by atoms with E-state index in [9.17, 15) is 4.79 Å². The van der Waals surface area contributed by atoms with Gasteiger partial charge in [0, 0.05) is 16.2 Å². The number of halogens is 2. The van der Waals surface area contributed by atoms with Gasteiger partial charge in [-0.1, -0.05) is 33.6 Å². The SMILES string of the molecule is O=C(c1ccc(Br)cc1Cl)C1CCCc2cccnc21. The first-order chi connectivity index (χ1) is 9.66. The smallest absolute Gasteiger partial charge is 0.173 e. The number of aryl methyl sites for hydroxylation is 1. The number of carbonyl (C=O) groups excluding carboxylic acids is 1. The molecule has 1 aromatic carbocycles. The van der Waals surface area contributed by atoms with Crippen LogP contribution in [-0.4, -0.2) is 10.8 Å². The van der Waals surface area contributed by atoms with Crippen molar-refractivity contribution in [3.05, 3.63) is 62.8 Å². The lowest BCUT2D eigenvalue weighted by Gasteiger charge is -2.23. The minimum atomic E-state index is -0.168. The van der Waals surface area contributed by atoms with E-state index in [0.29, 0.717) is 10.6 Å². The summed E-state index contributed by atoms with van der Waals surface area (Å²) in [5.74, 6) is -0.0965. The van der Waals surface area contributed by atoms with Crippen LogP contribution in [0.25, 0.3) is 0 Å². The molecule has 0 saturated carbocycles. The van der Waals surface area contributed by atoms with Gasteiger partial charge in [-0.25, -0.2) is 0 Å². The summed E-state index contributed by atoms with van der Waals surface area (Å²) in [7, 11) is 0. The average molecular weight is 351 g/mol. The fourth-order valence-corrected chi connectivity index (χ4v) is 3.51. The number of nitrogens with zero attached hydrogens (tertiary/aromatic N) is 1. The third-order valence-corrected chi connectivity index (χ3v) is 4.51. The molecule has 0 N–H and O–H groups in total. The van der Waals surface area contributed by atoms with Gasteiger partial charge in [-0.2, -0.15) is 0 Å². The Balaban J connectivity index is 2.00. The van der Waals surface area contributed by atoms with Gasteiger partial charge in [-0.05, 0) is 49.1 Å². The summed E-state index contributed by atoms with van der Waals surface area (Å²) in [6, 6.07) is 9.38. The first-order valence-corrected chi connectivity index (χ1v) is 7.77. The van der Waals surface area contributed by atoms with E-state index in [1.54, 1.807) is 18.3 Å². The Bertz CT molecular complexity index is 671. The fraction of sp³-hybridized carbons (Fsp3) is 0.250. The van der Waals surface area contributed by atoms with E-state index in [0.717, 1.165) is 29.4 Å². The van der Waals surface area contributed by atoms with Gasteiger partial charge < -0.3 is 0 Å². The maximum Gasteiger partial charge on any atom is 0.173 e. The molecule has 0 saturated heterocycles. The third kappa shape index (κ3) is 2.52. The summed E-state index contributed by atoms with van der Waals surface area (Å²) in [5, 5.41) is 0.493. The first-order valence-electron chi connectivity index (χ1n) is 6.60. The summed E-state index contributed by atoms with van der Waals surface area (Å²) >= 11 is 9.56.